The van der Waals surface area contributed by atoms with Crippen molar-refractivity contribution in [1.82, 2.24) is 14.5 Å². The fraction of sp³-hybridized carbons (Fsp3) is 0.0909. The van der Waals surface area contributed by atoms with Gasteiger partial charge in [-0.3, -0.25) is 9.36 Å². The van der Waals surface area contributed by atoms with E-state index in [-0.39, 0.29) is 5.95 Å². The van der Waals surface area contributed by atoms with Crippen molar-refractivity contribution >= 4 is 35.1 Å². The lowest BCUT2D eigenvalue weighted by Gasteiger charge is -2.12. The molecule has 0 aliphatic carbocycles. The van der Waals surface area contributed by atoms with Crippen LogP contribution < -0.4 is 16.5 Å². The first kappa shape index (κ1) is 14.4. The topological polar surface area (TPSA) is 94.1 Å². The van der Waals surface area contributed by atoms with Gasteiger partial charge in [-0.05, 0) is 18.2 Å². The van der Waals surface area contributed by atoms with Crippen LogP contribution in [0.25, 0.3) is 5.69 Å². The van der Waals surface area contributed by atoms with Gasteiger partial charge in [-0.25, -0.2) is 20.6 Å². The molecule has 0 radical (unpaired) electrons. The number of nitrogens with two attached hydrogens (primary N) is 1. The molecule has 1 amide bonds. The van der Waals surface area contributed by atoms with Gasteiger partial charge < -0.3 is 0 Å². The maximum atomic E-state index is 11.9. The lowest BCUT2D eigenvalue weighted by atomic mass is 10.3. The van der Waals surface area contributed by atoms with Crippen LogP contribution >= 0.6 is 23.2 Å². The number of carbonyl (C=O) groups excluding carboxylic acids is 1. The molecule has 0 atom stereocenters. The van der Waals surface area contributed by atoms with Crippen molar-refractivity contribution in [2.45, 2.75) is 6.92 Å². The normalized spacial score (nSPS) is 10.4. The van der Waals surface area contributed by atoms with Crippen LogP contribution in [0.4, 0.5) is 5.95 Å². The molecule has 2 rings (SSSR count). The fourth-order valence-electron chi connectivity index (χ4n) is 1.40. The van der Waals surface area contributed by atoms with Gasteiger partial charge in [-0.15, -0.1) is 0 Å². The Morgan fingerprint density at radius 1 is 1.35 bits per heavy atom. The molecule has 7 nitrogen and oxygen atoms in total. The molecule has 0 saturated carbocycles. The van der Waals surface area contributed by atoms with Crippen molar-refractivity contribution in [3.05, 3.63) is 45.1 Å². The molecule has 0 aliphatic heterocycles. The van der Waals surface area contributed by atoms with E-state index >= 15 is 0 Å². The Morgan fingerprint density at radius 3 is 2.60 bits per heavy atom. The van der Waals surface area contributed by atoms with E-state index in [0.717, 1.165) is 4.57 Å². The minimum atomic E-state index is -0.648. The molecular weight excluding hydrogens is 305 g/mol. The zero-order valence-electron chi connectivity index (χ0n) is 10.2. The summed E-state index contributed by atoms with van der Waals surface area (Å²) in [6, 6.07) is 4.63. The third kappa shape index (κ3) is 2.79. The first-order valence-electron chi connectivity index (χ1n) is 5.36. The van der Waals surface area contributed by atoms with Crippen molar-refractivity contribution < 1.29 is 4.79 Å². The Bertz CT molecular complexity index is 731. The standard InChI is InChI=1S/C11H9Cl2N5O2/c1-6(19)18(14)10-15-5-17(11(20)16-10)7-2-3-8(12)9(13)4-7/h2-5H,14H2,1H3. The van der Waals surface area contributed by atoms with Crippen LogP contribution in [0.2, 0.25) is 10.0 Å². The Hall–Kier alpha value is -1.96. The van der Waals surface area contributed by atoms with E-state index < -0.39 is 11.6 Å². The van der Waals surface area contributed by atoms with Gasteiger partial charge in [0.2, 0.25) is 5.91 Å². The minimum absolute atomic E-state index is 0.182. The zero-order chi connectivity index (χ0) is 14.9. The van der Waals surface area contributed by atoms with Gasteiger partial charge in [0.1, 0.15) is 6.33 Å². The molecule has 0 aliphatic rings. The van der Waals surface area contributed by atoms with Gasteiger partial charge >= 0.3 is 5.69 Å². The Labute approximate surface area is 123 Å². The Balaban J connectivity index is 2.47. The van der Waals surface area contributed by atoms with E-state index in [1.165, 1.54) is 19.3 Å². The number of aromatic nitrogens is 3. The summed E-state index contributed by atoms with van der Waals surface area (Å²) in [5.74, 6) is 4.74. The lowest BCUT2D eigenvalue weighted by molar-refractivity contribution is -0.116. The second-order valence-electron chi connectivity index (χ2n) is 3.80. The summed E-state index contributed by atoms with van der Waals surface area (Å²) in [6.07, 6.45) is 1.20. The monoisotopic (exact) mass is 313 g/mol. The third-order valence-corrected chi connectivity index (χ3v) is 3.17. The highest BCUT2D eigenvalue weighted by atomic mass is 35.5. The van der Waals surface area contributed by atoms with Crippen LogP contribution in [0.1, 0.15) is 6.92 Å². The summed E-state index contributed by atoms with van der Waals surface area (Å²) in [6.45, 7) is 1.23. The predicted molar refractivity (Wildman–Crippen MR) is 75.0 cm³/mol. The Kier molecular flexibility index (Phi) is 4.03. The predicted octanol–water partition coefficient (Wildman–Crippen LogP) is 1.16. The van der Waals surface area contributed by atoms with Crippen molar-refractivity contribution in [2.24, 2.45) is 5.84 Å². The molecule has 20 heavy (non-hydrogen) atoms. The third-order valence-electron chi connectivity index (χ3n) is 2.43. The molecule has 9 heteroatoms. The van der Waals surface area contributed by atoms with E-state index in [4.69, 9.17) is 29.0 Å². The van der Waals surface area contributed by atoms with Crippen molar-refractivity contribution in [3.63, 3.8) is 0 Å². The smallest absolute Gasteiger partial charge is 0.273 e. The number of amides is 1. The van der Waals surface area contributed by atoms with Crippen LogP contribution in [0.3, 0.4) is 0 Å². The van der Waals surface area contributed by atoms with Gasteiger partial charge in [0, 0.05) is 6.92 Å². The van der Waals surface area contributed by atoms with E-state index in [0.29, 0.717) is 20.7 Å². The highest BCUT2D eigenvalue weighted by Gasteiger charge is 2.12. The van der Waals surface area contributed by atoms with Gasteiger partial charge in [-0.1, -0.05) is 23.2 Å². The molecule has 0 saturated heterocycles. The van der Waals surface area contributed by atoms with Gasteiger partial charge in [0.15, 0.2) is 0 Å². The first-order chi connectivity index (χ1) is 9.40. The molecule has 2 N–H and O–H groups in total. The molecule has 0 fully saturated rings. The Morgan fingerprint density at radius 2 is 2.05 bits per heavy atom. The average molecular weight is 314 g/mol. The van der Waals surface area contributed by atoms with Gasteiger partial charge in [-0.2, -0.15) is 4.98 Å². The number of halogens is 2. The molecular formula is C11H9Cl2N5O2. The number of hydrazine groups is 1. The second-order valence-corrected chi connectivity index (χ2v) is 4.61. The molecule has 104 valence electrons. The maximum absolute atomic E-state index is 11.9. The number of nitrogens with zero attached hydrogens (tertiary/aromatic N) is 4. The van der Waals surface area contributed by atoms with Crippen LogP contribution in [-0.4, -0.2) is 20.4 Å². The number of rotatable bonds is 2. The number of hydrogen-bond donors (Lipinski definition) is 1. The molecule has 1 aromatic carbocycles. The summed E-state index contributed by atoms with van der Waals surface area (Å²) in [5.41, 5.74) is -0.201. The largest absolute Gasteiger partial charge is 0.356 e. The number of carbonyl (C=O) groups is 1. The van der Waals surface area contributed by atoms with E-state index in [1.807, 2.05) is 0 Å². The second kappa shape index (κ2) is 5.58. The van der Waals surface area contributed by atoms with Crippen molar-refractivity contribution in [3.8, 4) is 5.69 Å². The highest BCUT2D eigenvalue weighted by Crippen LogP contribution is 2.23. The van der Waals surface area contributed by atoms with E-state index in [1.54, 1.807) is 12.1 Å². The summed E-state index contributed by atoms with van der Waals surface area (Å²) in [5, 5.41) is 1.34. The quantitative estimate of drug-likeness (QED) is 0.510. The lowest BCUT2D eigenvalue weighted by Crippen LogP contribution is -2.39. The zero-order valence-corrected chi connectivity index (χ0v) is 11.8. The highest BCUT2D eigenvalue weighted by molar-refractivity contribution is 6.42. The van der Waals surface area contributed by atoms with Crippen LogP contribution in [0.5, 0.6) is 0 Å². The summed E-state index contributed by atoms with van der Waals surface area (Å²) < 4.78 is 1.15. The SMILES string of the molecule is CC(=O)N(N)c1ncn(-c2ccc(Cl)c(Cl)c2)c(=O)n1. The van der Waals surface area contributed by atoms with E-state index in [9.17, 15) is 9.59 Å². The molecule has 1 heterocycles. The molecule has 1 aromatic heterocycles. The number of hydrogen-bond acceptors (Lipinski definition) is 5. The van der Waals surface area contributed by atoms with Crippen LogP contribution in [-0.2, 0) is 4.79 Å². The maximum Gasteiger partial charge on any atom is 0.356 e. The first-order valence-corrected chi connectivity index (χ1v) is 6.12. The summed E-state index contributed by atoms with van der Waals surface area (Å²) in [7, 11) is 0. The number of anilines is 1. The molecule has 0 bridgehead atoms. The molecule has 0 unspecified atom stereocenters. The van der Waals surface area contributed by atoms with Crippen LogP contribution in [0.15, 0.2) is 29.3 Å². The molecule has 2 aromatic rings. The minimum Gasteiger partial charge on any atom is -0.273 e. The van der Waals surface area contributed by atoms with E-state index in [2.05, 4.69) is 9.97 Å². The fourth-order valence-corrected chi connectivity index (χ4v) is 1.69. The summed E-state index contributed by atoms with van der Waals surface area (Å²) in [4.78, 5) is 30.4. The van der Waals surface area contributed by atoms with Crippen molar-refractivity contribution in [1.29, 1.82) is 0 Å². The number of benzene rings is 1. The average Bonchev–Trinajstić information content (AvgIpc) is 2.41. The van der Waals surface area contributed by atoms with Gasteiger partial charge in [0.25, 0.3) is 5.95 Å². The molecule has 0 spiro atoms. The summed E-state index contributed by atoms with van der Waals surface area (Å²) >= 11 is 11.7. The van der Waals surface area contributed by atoms with Crippen molar-refractivity contribution in [2.75, 3.05) is 5.01 Å². The van der Waals surface area contributed by atoms with Gasteiger partial charge in [0.05, 0.1) is 15.7 Å². The van der Waals surface area contributed by atoms with Crippen LogP contribution in [0, 0.1) is 0 Å².